The Labute approximate surface area is 209 Å². The lowest BCUT2D eigenvalue weighted by molar-refractivity contribution is -0.139. The third kappa shape index (κ3) is 7.82. The van der Waals surface area contributed by atoms with Crippen molar-refractivity contribution in [1.82, 2.24) is 10.2 Å². The van der Waals surface area contributed by atoms with Gasteiger partial charge in [-0.05, 0) is 50.8 Å². The molecule has 0 unspecified atom stereocenters. The van der Waals surface area contributed by atoms with Crippen molar-refractivity contribution in [3.63, 3.8) is 0 Å². The molecule has 1 aliphatic rings. The number of nitrogens with one attached hydrogen (secondary N) is 1. The normalized spacial score (nSPS) is 15.3. The van der Waals surface area contributed by atoms with E-state index in [9.17, 15) is 18.0 Å². The summed E-state index contributed by atoms with van der Waals surface area (Å²) < 4.78 is 26.3. The Morgan fingerprint density at radius 3 is 2.23 bits per heavy atom. The van der Waals surface area contributed by atoms with E-state index in [0.717, 1.165) is 47.4 Å². The Morgan fingerprint density at radius 2 is 1.63 bits per heavy atom. The Kier molecular flexibility index (Phi) is 9.32. The fourth-order valence-corrected chi connectivity index (χ4v) is 5.31. The van der Waals surface area contributed by atoms with Crippen LogP contribution in [-0.2, 0) is 26.0 Å². The van der Waals surface area contributed by atoms with Gasteiger partial charge in [-0.15, -0.1) is 0 Å². The molecule has 2 amide bonds. The molecule has 1 fully saturated rings. The molecule has 0 spiro atoms. The molecule has 0 radical (unpaired) electrons. The van der Waals surface area contributed by atoms with E-state index in [1.165, 1.54) is 11.3 Å². The Bertz CT molecular complexity index is 1080. The van der Waals surface area contributed by atoms with Crippen molar-refractivity contribution in [3.05, 3.63) is 65.7 Å². The summed E-state index contributed by atoms with van der Waals surface area (Å²) in [4.78, 5) is 28.2. The van der Waals surface area contributed by atoms with Crippen molar-refractivity contribution in [1.29, 1.82) is 0 Å². The predicted octanol–water partition coefficient (Wildman–Crippen LogP) is 3.67. The minimum absolute atomic E-state index is 0.129. The van der Waals surface area contributed by atoms with Gasteiger partial charge in [0.2, 0.25) is 21.8 Å². The Hall–Kier alpha value is -2.87. The molecule has 190 valence electrons. The number of sulfonamides is 1. The molecule has 7 nitrogen and oxygen atoms in total. The van der Waals surface area contributed by atoms with Gasteiger partial charge in [-0.3, -0.25) is 13.9 Å². The molecule has 35 heavy (non-hydrogen) atoms. The summed E-state index contributed by atoms with van der Waals surface area (Å²) >= 11 is 0. The molecule has 1 saturated carbocycles. The maximum Gasteiger partial charge on any atom is 0.244 e. The monoisotopic (exact) mass is 499 g/mol. The molecule has 0 heterocycles. The van der Waals surface area contributed by atoms with Crippen LogP contribution in [-0.4, -0.2) is 56.6 Å². The van der Waals surface area contributed by atoms with E-state index in [-0.39, 0.29) is 18.5 Å². The van der Waals surface area contributed by atoms with Gasteiger partial charge in [0.25, 0.3) is 0 Å². The van der Waals surface area contributed by atoms with Crippen molar-refractivity contribution in [2.24, 2.45) is 0 Å². The standard InChI is InChI=1S/C27H37N3O4S/c1-21-14-16-25(17-15-21)30(35(3,33)34)20-26(31)29(19-18-23-10-6-4-7-11-23)22(2)27(32)28-24-12-8-5-9-13-24/h4,6-7,10-11,14-17,22,24H,5,8-9,12-13,18-20H2,1-3H3,(H,28,32)/t22-/m0/s1. The first-order chi connectivity index (χ1) is 16.6. The summed E-state index contributed by atoms with van der Waals surface area (Å²) in [6, 6.07) is 16.2. The number of rotatable bonds is 10. The van der Waals surface area contributed by atoms with Crippen LogP contribution in [0.2, 0.25) is 0 Å². The lowest BCUT2D eigenvalue weighted by atomic mass is 9.95. The van der Waals surface area contributed by atoms with Crippen molar-refractivity contribution in [3.8, 4) is 0 Å². The molecule has 3 rings (SSSR count). The third-order valence-corrected chi connectivity index (χ3v) is 7.74. The molecule has 0 aromatic heterocycles. The number of aryl methyl sites for hydroxylation is 1. The zero-order valence-corrected chi connectivity index (χ0v) is 21.8. The first-order valence-electron chi connectivity index (χ1n) is 12.3. The molecule has 8 heteroatoms. The van der Waals surface area contributed by atoms with Crippen LogP contribution in [0.1, 0.15) is 50.2 Å². The second kappa shape index (κ2) is 12.2. The van der Waals surface area contributed by atoms with E-state index in [1.807, 2.05) is 49.4 Å². The third-order valence-electron chi connectivity index (χ3n) is 6.60. The van der Waals surface area contributed by atoms with E-state index in [1.54, 1.807) is 19.1 Å². The highest BCUT2D eigenvalue weighted by Crippen LogP contribution is 2.20. The van der Waals surface area contributed by atoms with Gasteiger partial charge in [0.05, 0.1) is 11.9 Å². The van der Waals surface area contributed by atoms with E-state index in [0.29, 0.717) is 18.7 Å². The second-order valence-corrected chi connectivity index (χ2v) is 11.4. The largest absolute Gasteiger partial charge is 0.352 e. The van der Waals surface area contributed by atoms with Crippen LogP contribution in [0.4, 0.5) is 5.69 Å². The fraction of sp³-hybridized carbons (Fsp3) is 0.481. The Morgan fingerprint density at radius 1 is 1.00 bits per heavy atom. The molecular formula is C27H37N3O4S. The van der Waals surface area contributed by atoms with Crippen molar-refractivity contribution < 1.29 is 18.0 Å². The van der Waals surface area contributed by atoms with Gasteiger partial charge in [-0.1, -0.05) is 67.3 Å². The van der Waals surface area contributed by atoms with E-state index >= 15 is 0 Å². The number of hydrogen-bond donors (Lipinski definition) is 1. The topological polar surface area (TPSA) is 86.8 Å². The lowest BCUT2D eigenvalue weighted by Crippen LogP contribution is -2.53. The van der Waals surface area contributed by atoms with Crippen molar-refractivity contribution >= 4 is 27.5 Å². The van der Waals surface area contributed by atoms with Crippen molar-refractivity contribution in [2.45, 2.75) is 64.5 Å². The summed E-state index contributed by atoms with van der Waals surface area (Å²) in [5.41, 5.74) is 2.46. The summed E-state index contributed by atoms with van der Waals surface area (Å²) in [5, 5.41) is 3.11. The molecule has 2 aromatic carbocycles. The van der Waals surface area contributed by atoms with E-state index in [4.69, 9.17) is 0 Å². The molecule has 1 N–H and O–H groups in total. The molecule has 0 saturated heterocycles. The SMILES string of the molecule is Cc1ccc(N(CC(=O)N(CCc2ccccc2)[C@@H](C)C(=O)NC2CCCCC2)S(C)(=O)=O)cc1. The van der Waals surface area contributed by atoms with E-state index in [2.05, 4.69) is 5.32 Å². The van der Waals surface area contributed by atoms with E-state index < -0.39 is 22.0 Å². The molecular weight excluding hydrogens is 462 g/mol. The van der Waals surface area contributed by atoms with Gasteiger partial charge in [0.1, 0.15) is 12.6 Å². The number of anilines is 1. The van der Waals surface area contributed by atoms with Gasteiger partial charge in [0, 0.05) is 12.6 Å². The molecule has 1 atom stereocenters. The average Bonchev–Trinajstić information content (AvgIpc) is 2.84. The number of hydrogen-bond acceptors (Lipinski definition) is 4. The summed E-state index contributed by atoms with van der Waals surface area (Å²) in [5.74, 6) is -0.599. The van der Waals surface area contributed by atoms with Crippen LogP contribution in [0.15, 0.2) is 54.6 Å². The number of carbonyl (C=O) groups is 2. The lowest BCUT2D eigenvalue weighted by Gasteiger charge is -2.33. The van der Waals surface area contributed by atoms with Crippen LogP contribution in [0.3, 0.4) is 0 Å². The van der Waals surface area contributed by atoms with Crippen LogP contribution < -0.4 is 9.62 Å². The molecule has 1 aliphatic carbocycles. The van der Waals surface area contributed by atoms with Gasteiger partial charge in [-0.2, -0.15) is 0 Å². The Balaban J connectivity index is 1.80. The highest BCUT2D eigenvalue weighted by Gasteiger charge is 2.30. The highest BCUT2D eigenvalue weighted by atomic mass is 32.2. The van der Waals surface area contributed by atoms with Gasteiger partial charge in [0.15, 0.2) is 0 Å². The van der Waals surface area contributed by atoms with Gasteiger partial charge >= 0.3 is 0 Å². The molecule has 0 bridgehead atoms. The van der Waals surface area contributed by atoms with Crippen LogP contribution in [0.5, 0.6) is 0 Å². The quantitative estimate of drug-likeness (QED) is 0.540. The number of benzene rings is 2. The maximum atomic E-state index is 13.5. The number of amides is 2. The minimum Gasteiger partial charge on any atom is -0.352 e. The highest BCUT2D eigenvalue weighted by molar-refractivity contribution is 7.92. The predicted molar refractivity (Wildman–Crippen MR) is 140 cm³/mol. The summed E-state index contributed by atoms with van der Waals surface area (Å²) in [7, 11) is -3.71. The van der Waals surface area contributed by atoms with Crippen molar-refractivity contribution in [2.75, 3.05) is 23.7 Å². The van der Waals surface area contributed by atoms with Crippen LogP contribution in [0.25, 0.3) is 0 Å². The maximum absolute atomic E-state index is 13.5. The first-order valence-corrected chi connectivity index (χ1v) is 14.2. The molecule has 2 aromatic rings. The second-order valence-electron chi connectivity index (χ2n) is 9.45. The number of carbonyl (C=O) groups excluding carboxylic acids is 2. The van der Waals surface area contributed by atoms with Crippen LogP contribution in [0, 0.1) is 6.92 Å². The summed E-state index contributed by atoms with van der Waals surface area (Å²) in [6.07, 6.45) is 6.93. The van der Waals surface area contributed by atoms with Gasteiger partial charge < -0.3 is 10.2 Å². The minimum atomic E-state index is -3.71. The average molecular weight is 500 g/mol. The smallest absolute Gasteiger partial charge is 0.244 e. The summed E-state index contributed by atoms with van der Waals surface area (Å²) in [6.45, 7) is 3.58. The van der Waals surface area contributed by atoms with Crippen LogP contribution >= 0.6 is 0 Å². The zero-order chi connectivity index (χ0) is 25.4. The zero-order valence-electron chi connectivity index (χ0n) is 20.9. The number of nitrogens with zero attached hydrogens (tertiary/aromatic N) is 2. The van der Waals surface area contributed by atoms with Gasteiger partial charge in [-0.25, -0.2) is 8.42 Å². The molecule has 0 aliphatic heterocycles. The first kappa shape index (κ1) is 26.7. The fourth-order valence-electron chi connectivity index (χ4n) is 4.46.